The van der Waals surface area contributed by atoms with Crippen LogP contribution in [0.1, 0.15) is 18.9 Å². The Kier molecular flexibility index (Phi) is 5.35. The molecule has 4 rings (SSSR count). The number of benzene rings is 2. The number of carbonyl (C=O) groups is 1. The van der Waals surface area contributed by atoms with Gasteiger partial charge in [0, 0.05) is 13.6 Å². The molecule has 0 aliphatic heterocycles. The minimum atomic E-state index is -0.317. The Labute approximate surface area is 171 Å². The predicted molar refractivity (Wildman–Crippen MR) is 114 cm³/mol. The number of hydrogen-bond donors (Lipinski definition) is 1. The van der Waals surface area contributed by atoms with E-state index in [4.69, 9.17) is 0 Å². The lowest BCUT2D eigenvalue weighted by molar-refractivity contribution is -0.120. The molecule has 1 unspecified atom stereocenters. The van der Waals surface area contributed by atoms with E-state index in [0.29, 0.717) is 29.3 Å². The van der Waals surface area contributed by atoms with Crippen LogP contribution < -0.4 is 10.9 Å². The van der Waals surface area contributed by atoms with Crippen LogP contribution in [0.4, 0.5) is 0 Å². The highest BCUT2D eigenvalue weighted by Crippen LogP contribution is 2.26. The molecule has 1 atom stereocenters. The third-order valence-electron chi connectivity index (χ3n) is 4.82. The van der Waals surface area contributed by atoms with E-state index in [1.54, 1.807) is 13.1 Å². The van der Waals surface area contributed by atoms with Gasteiger partial charge >= 0.3 is 0 Å². The van der Waals surface area contributed by atoms with Gasteiger partial charge in [0.1, 0.15) is 0 Å². The van der Waals surface area contributed by atoms with Crippen LogP contribution in [0.3, 0.4) is 0 Å². The number of para-hydroxylation sites is 1. The van der Waals surface area contributed by atoms with Gasteiger partial charge < -0.3 is 5.32 Å². The van der Waals surface area contributed by atoms with Gasteiger partial charge in [-0.3, -0.25) is 18.6 Å². The molecule has 2 heterocycles. The van der Waals surface area contributed by atoms with E-state index in [1.165, 1.54) is 16.3 Å². The Morgan fingerprint density at radius 2 is 1.83 bits per heavy atom. The minimum Gasteiger partial charge on any atom is -0.351 e. The molecule has 29 heavy (non-hydrogen) atoms. The Hall–Kier alpha value is -3.13. The largest absolute Gasteiger partial charge is 0.351 e. The second kappa shape index (κ2) is 8.08. The lowest BCUT2D eigenvalue weighted by Crippen LogP contribution is -2.32. The molecule has 0 saturated heterocycles. The third-order valence-corrected chi connectivity index (χ3v) is 6.12. The van der Waals surface area contributed by atoms with E-state index in [0.717, 1.165) is 11.1 Å². The Balaban J connectivity index is 1.64. The van der Waals surface area contributed by atoms with Crippen LogP contribution in [0.2, 0.25) is 0 Å². The van der Waals surface area contributed by atoms with Gasteiger partial charge in [0.15, 0.2) is 5.16 Å². The van der Waals surface area contributed by atoms with Gasteiger partial charge in [-0.1, -0.05) is 61.2 Å². The van der Waals surface area contributed by atoms with Crippen molar-refractivity contribution in [2.45, 2.75) is 30.3 Å². The van der Waals surface area contributed by atoms with Crippen molar-refractivity contribution in [3.8, 4) is 0 Å². The molecule has 2 aromatic heterocycles. The molecule has 0 fully saturated rings. The molecule has 148 valence electrons. The number of rotatable bonds is 6. The molecule has 1 amide bonds. The fourth-order valence-corrected chi connectivity index (χ4v) is 4.22. The summed E-state index contributed by atoms with van der Waals surface area (Å²) >= 11 is 1.36. The van der Waals surface area contributed by atoms with Gasteiger partial charge in [-0.05, 0) is 24.1 Å². The van der Waals surface area contributed by atoms with Crippen LogP contribution in [0, 0.1) is 0 Å². The number of nitrogens with one attached hydrogen (secondary N) is 1. The zero-order valence-electron chi connectivity index (χ0n) is 16.2. The SMILES string of the molecule is CCC(Sc1nnc2n(C)c(=O)c3ccccc3n12)C(=O)NCc1ccccc1. The number of nitrogens with zero attached hydrogens (tertiary/aromatic N) is 4. The molecular weight excluding hydrogens is 386 g/mol. The van der Waals surface area contributed by atoms with Crippen molar-refractivity contribution in [3.63, 3.8) is 0 Å². The Morgan fingerprint density at radius 1 is 1.10 bits per heavy atom. The number of hydrogen-bond acceptors (Lipinski definition) is 5. The van der Waals surface area contributed by atoms with Crippen molar-refractivity contribution >= 4 is 34.3 Å². The summed E-state index contributed by atoms with van der Waals surface area (Å²) in [5.41, 5.74) is 1.66. The van der Waals surface area contributed by atoms with Crippen LogP contribution in [-0.4, -0.2) is 30.3 Å². The molecular formula is C21H21N5O2S. The molecule has 0 aliphatic rings. The predicted octanol–water partition coefficient (Wildman–Crippen LogP) is 2.77. The molecule has 4 aromatic rings. The fraction of sp³-hybridized carbons (Fsp3) is 0.238. The summed E-state index contributed by atoms with van der Waals surface area (Å²) in [6.45, 7) is 2.45. The van der Waals surface area contributed by atoms with Crippen LogP contribution in [0.25, 0.3) is 16.7 Å². The first kappa shape index (κ1) is 19.2. The number of amides is 1. The number of aromatic nitrogens is 4. The maximum Gasteiger partial charge on any atom is 0.262 e. The van der Waals surface area contributed by atoms with Crippen LogP contribution in [-0.2, 0) is 18.4 Å². The highest BCUT2D eigenvalue weighted by molar-refractivity contribution is 8.00. The van der Waals surface area contributed by atoms with Gasteiger partial charge in [0.25, 0.3) is 5.56 Å². The first-order valence-corrected chi connectivity index (χ1v) is 10.3. The van der Waals surface area contributed by atoms with Crippen molar-refractivity contribution in [1.29, 1.82) is 0 Å². The third kappa shape index (κ3) is 3.63. The summed E-state index contributed by atoms with van der Waals surface area (Å²) in [4.78, 5) is 25.3. The average molecular weight is 407 g/mol. The number of thioether (sulfide) groups is 1. The van der Waals surface area contributed by atoms with Crippen LogP contribution >= 0.6 is 11.8 Å². The van der Waals surface area contributed by atoms with Crippen molar-refractivity contribution in [2.75, 3.05) is 0 Å². The highest BCUT2D eigenvalue weighted by Gasteiger charge is 2.22. The van der Waals surface area contributed by atoms with Gasteiger partial charge in [-0.15, -0.1) is 10.2 Å². The Morgan fingerprint density at radius 3 is 2.59 bits per heavy atom. The minimum absolute atomic E-state index is 0.0489. The van der Waals surface area contributed by atoms with Crippen LogP contribution in [0.15, 0.2) is 64.5 Å². The van der Waals surface area contributed by atoms with Crippen molar-refractivity contribution in [1.82, 2.24) is 24.5 Å². The maximum atomic E-state index is 12.7. The molecule has 0 saturated carbocycles. The zero-order chi connectivity index (χ0) is 20.4. The van der Waals surface area contributed by atoms with E-state index in [2.05, 4.69) is 15.5 Å². The molecule has 0 spiro atoms. The second-order valence-corrected chi connectivity index (χ2v) is 7.89. The summed E-state index contributed by atoms with van der Waals surface area (Å²) in [5, 5.41) is 12.3. The standard InChI is InChI=1S/C21H21N5O2S/c1-3-17(18(27)22-13-14-9-5-4-6-10-14)29-21-24-23-20-25(2)19(28)15-11-7-8-12-16(15)26(20)21/h4-12,17H,3,13H2,1-2H3,(H,22,27). The van der Waals surface area contributed by atoms with Crippen molar-refractivity contribution in [3.05, 3.63) is 70.5 Å². The number of carbonyl (C=O) groups excluding carboxylic acids is 1. The summed E-state index contributed by atoms with van der Waals surface area (Å²) in [5.74, 6) is 0.406. The van der Waals surface area contributed by atoms with E-state index in [9.17, 15) is 9.59 Å². The average Bonchev–Trinajstić information content (AvgIpc) is 3.18. The van der Waals surface area contributed by atoms with Gasteiger partial charge in [0.05, 0.1) is 16.2 Å². The number of fused-ring (bicyclic) bond motifs is 3. The zero-order valence-corrected chi connectivity index (χ0v) is 17.0. The van der Waals surface area contributed by atoms with Gasteiger partial charge in [-0.2, -0.15) is 0 Å². The summed E-state index contributed by atoms with van der Waals surface area (Å²) in [6, 6.07) is 17.2. The smallest absolute Gasteiger partial charge is 0.262 e. The summed E-state index contributed by atoms with van der Waals surface area (Å²) in [6.07, 6.45) is 0.643. The molecule has 7 nitrogen and oxygen atoms in total. The second-order valence-electron chi connectivity index (χ2n) is 6.72. The van der Waals surface area contributed by atoms with Crippen molar-refractivity contribution < 1.29 is 4.79 Å². The first-order valence-electron chi connectivity index (χ1n) is 9.41. The fourth-order valence-electron chi connectivity index (χ4n) is 3.24. The first-order chi connectivity index (χ1) is 14.1. The van der Waals surface area contributed by atoms with Crippen LogP contribution in [0.5, 0.6) is 0 Å². The van der Waals surface area contributed by atoms with E-state index >= 15 is 0 Å². The molecule has 2 aromatic carbocycles. The highest BCUT2D eigenvalue weighted by atomic mass is 32.2. The molecule has 8 heteroatoms. The van der Waals surface area contributed by atoms with E-state index in [-0.39, 0.29) is 16.7 Å². The summed E-state index contributed by atoms with van der Waals surface area (Å²) in [7, 11) is 1.68. The topological polar surface area (TPSA) is 81.3 Å². The lowest BCUT2D eigenvalue weighted by atomic mass is 10.2. The summed E-state index contributed by atoms with van der Waals surface area (Å²) < 4.78 is 3.32. The molecule has 0 aliphatic carbocycles. The Bertz CT molecular complexity index is 1230. The van der Waals surface area contributed by atoms with Crippen molar-refractivity contribution in [2.24, 2.45) is 7.05 Å². The molecule has 0 bridgehead atoms. The number of aryl methyl sites for hydroxylation is 1. The lowest BCUT2D eigenvalue weighted by Gasteiger charge is -2.14. The molecule has 0 radical (unpaired) electrons. The monoisotopic (exact) mass is 407 g/mol. The van der Waals surface area contributed by atoms with E-state index in [1.807, 2.05) is 59.9 Å². The van der Waals surface area contributed by atoms with Gasteiger partial charge in [-0.25, -0.2) is 0 Å². The normalized spacial score (nSPS) is 12.3. The maximum absolute atomic E-state index is 12.7. The molecule has 1 N–H and O–H groups in total. The van der Waals surface area contributed by atoms with E-state index < -0.39 is 0 Å². The quantitative estimate of drug-likeness (QED) is 0.497. The van der Waals surface area contributed by atoms with Gasteiger partial charge in [0.2, 0.25) is 11.7 Å².